The summed E-state index contributed by atoms with van der Waals surface area (Å²) in [6.07, 6.45) is 5.69. The van der Waals surface area contributed by atoms with Gasteiger partial charge in [-0.05, 0) is 60.9 Å². The second kappa shape index (κ2) is 9.81. The lowest BCUT2D eigenvalue weighted by molar-refractivity contribution is -0.137. The molecule has 0 saturated carbocycles. The first-order valence-corrected chi connectivity index (χ1v) is 11.1. The van der Waals surface area contributed by atoms with Crippen LogP contribution in [0.4, 0.5) is 5.82 Å². The summed E-state index contributed by atoms with van der Waals surface area (Å²) in [5.74, 6) is 0.706. The van der Waals surface area contributed by atoms with E-state index < -0.39 is 12.0 Å². The molecule has 0 unspecified atom stereocenters. The Morgan fingerprint density at radius 1 is 1.16 bits per heavy atom. The molecule has 2 aliphatic rings. The maximum absolute atomic E-state index is 12.5. The van der Waals surface area contributed by atoms with E-state index in [1.165, 1.54) is 5.56 Å². The molecule has 1 aromatic heterocycles. The van der Waals surface area contributed by atoms with Gasteiger partial charge in [0.1, 0.15) is 11.6 Å². The number of fused-ring (bicyclic) bond motifs is 2. The lowest BCUT2D eigenvalue weighted by Crippen LogP contribution is -2.30. The summed E-state index contributed by atoms with van der Waals surface area (Å²) in [5, 5.41) is 15.5. The molecule has 31 heavy (non-hydrogen) atoms. The van der Waals surface area contributed by atoms with Crippen LogP contribution in [0.25, 0.3) is 0 Å². The number of pyridine rings is 1. The number of carboxylic acids is 1. The molecule has 0 saturated heterocycles. The van der Waals surface area contributed by atoms with Crippen molar-refractivity contribution in [3.8, 4) is 5.75 Å². The van der Waals surface area contributed by atoms with Gasteiger partial charge in [0.25, 0.3) is 0 Å². The molecular weight excluding hydrogens is 394 g/mol. The van der Waals surface area contributed by atoms with Crippen molar-refractivity contribution in [3.05, 3.63) is 52.7 Å². The highest BCUT2D eigenvalue weighted by atomic mass is 16.5. The summed E-state index contributed by atoms with van der Waals surface area (Å²) in [7, 11) is 0. The zero-order valence-electron chi connectivity index (χ0n) is 17.7. The predicted octanol–water partition coefficient (Wildman–Crippen LogP) is 3.42. The standard InChI is InChI=1S/C24H29N3O4/c28-22(6-2-1-5-19-10-9-17-4-3-12-25-24(17)26-19)27-20(15-23(29)30)18-8-7-16-11-13-31-21(16)14-18/h7-10,14,20H,1-6,11-13,15H2,(H,25,26)(H,27,28)(H,29,30)/t20-/m0/s1. The minimum absolute atomic E-state index is 0.132. The van der Waals surface area contributed by atoms with Gasteiger partial charge in [-0.15, -0.1) is 0 Å². The van der Waals surface area contributed by atoms with Crippen molar-refractivity contribution in [2.75, 3.05) is 18.5 Å². The highest BCUT2D eigenvalue weighted by Gasteiger charge is 2.21. The van der Waals surface area contributed by atoms with Crippen LogP contribution in [-0.4, -0.2) is 35.1 Å². The van der Waals surface area contributed by atoms with Gasteiger partial charge in [0.2, 0.25) is 5.91 Å². The number of nitrogens with zero attached hydrogens (tertiary/aromatic N) is 1. The Labute approximate surface area is 182 Å². The molecule has 3 heterocycles. The van der Waals surface area contributed by atoms with Gasteiger partial charge >= 0.3 is 5.97 Å². The molecule has 2 aromatic rings. The number of amides is 1. The zero-order chi connectivity index (χ0) is 21.6. The first kappa shape index (κ1) is 21.2. The monoisotopic (exact) mass is 423 g/mol. The number of benzene rings is 1. The van der Waals surface area contributed by atoms with Gasteiger partial charge in [0.15, 0.2) is 0 Å². The van der Waals surface area contributed by atoms with Crippen LogP contribution in [0.3, 0.4) is 0 Å². The van der Waals surface area contributed by atoms with Crippen LogP contribution in [0.15, 0.2) is 30.3 Å². The molecule has 0 bridgehead atoms. The van der Waals surface area contributed by atoms with Crippen molar-refractivity contribution in [2.45, 2.75) is 57.4 Å². The van der Waals surface area contributed by atoms with Crippen LogP contribution in [0.2, 0.25) is 0 Å². The largest absolute Gasteiger partial charge is 0.493 e. The minimum atomic E-state index is -0.946. The molecule has 164 valence electrons. The summed E-state index contributed by atoms with van der Waals surface area (Å²) < 4.78 is 5.58. The van der Waals surface area contributed by atoms with E-state index in [0.29, 0.717) is 13.0 Å². The van der Waals surface area contributed by atoms with Gasteiger partial charge in [-0.2, -0.15) is 0 Å². The molecule has 1 amide bonds. The van der Waals surface area contributed by atoms with Crippen LogP contribution in [0, 0.1) is 0 Å². The number of hydrogen-bond donors (Lipinski definition) is 3. The molecule has 7 nitrogen and oxygen atoms in total. The summed E-state index contributed by atoms with van der Waals surface area (Å²) in [5.41, 5.74) is 4.20. The molecule has 1 atom stereocenters. The van der Waals surface area contributed by atoms with E-state index in [1.54, 1.807) is 0 Å². The number of aliphatic carboxylic acids is 1. The Kier molecular flexibility index (Phi) is 6.70. The van der Waals surface area contributed by atoms with Crippen LogP contribution in [0.5, 0.6) is 5.75 Å². The van der Waals surface area contributed by atoms with Crippen molar-refractivity contribution in [1.82, 2.24) is 10.3 Å². The Balaban J connectivity index is 1.27. The lowest BCUT2D eigenvalue weighted by atomic mass is 10.0. The number of anilines is 1. The third kappa shape index (κ3) is 5.54. The summed E-state index contributed by atoms with van der Waals surface area (Å²) in [4.78, 5) is 28.5. The van der Waals surface area contributed by atoms with Crippen molar-refractivity contribution in [3.63, 3.8) is 0 Å². The van der Waals surface area contributed by atoms with Gasteiger partial charge in [0.05, 0.1) is 19.1 Å². The van der Waals surface area contributed by atoms with Crippen molar-refractivity contribution in [1.29, 1.82) is 0 Å². The maximum Gasteiger partial charge on any atom is 0.305 e. The van der Waals surface area contributed by atoms with Crippen molar-refractivity contribution in [2.24, 2.45) is 0 Å². The number of nitrogens with one attached hydrogen (secondary N) is 2. The lowest BCUT2D eigenvalue weighted by Gasteiger charge is -2.18. The van der Waals surface area contributed by atoms with E-state index in [1.807, 2.05) is 18.2 Å². The second-order valence-electron chi connectivity index (χ2n) is 8.23. The van der Waals surface area contributed by atoms with Gasteiger partial charge in [0, 0.05) is 25.1 Å². The smallest absolute Gasteiger partial charge is 0.305 e. The van der Waals surface area contributed by atoms with Gasteiger partial charge in [-0.3, -0.25) is 9.59 Å². The first-order valence-electron chi connectivity index (χ1n) is 11.1. The highest BCUT2D eigenvalue weighted by molar-refractivity contribution is 5.77. The molecule has 0 spiro atoms. The normalized spacial score (nSPS) is 15.2. The van der Waals surface area contributed by atoms with E-state index in [4.69, 9.17) is 9.72 Å². The molecule has 7 heteroatoms. The van der Waals surface area contributed by atoms with Crippen LogP contribution in [0.1, 0.15) is 60.5 Å². The number of carbonyl (C=O) groups is 2. The number of aromatic nitrogens is 1. The number of rotatable bonds is 9. The average molecular weight is 424 g/mol. The summed E-state index contributed by atoms with van der Waals surface area (Å²) >= 11 is 0. The van der Waals surface area contributed by atoms with E-state index in [0.717, 1.165) is 73.5 Å². The predicted molar refractivity (Wildman–Crippen MR) is 117 cm³/mol. The van der Waals surface area contributed by atoms with Crippen LogP contribution < -0.4 is 15.4 Å². The SMILES string of the molecule is O=C(O)C[C@H](NC(=O)CCCCc1ccc2c(n1)NCCC2)c1ccc2c(c1)OCC2. The van der Waals surface area contributed by atoms with E-state index in [2.05, 4.69) is 22.8 Å². The van der Waals surface area contributed by atoms with Gasteiger partial charge in [-0.1, -0.05) is 18.2 Å². The fourth-order valence-corrected chi connectivity index (χ4v) is 4.19. The molecule has 0 radical (unpaired) electrons. The Morgan fingerprint density at radius 3 is 2.90 bits per heavy atom. The Hall–Kier alpha value is -3.09. The molecule has 4 rings (SSSR count). The van der Waals surface area contributed by atoms with Gasteiger partial charge < -0.3 is 20.5 Å². The third-order valence-electron chi connectivity index (χ3n) is 5.88. The zero-order valence-corrected chi connectivity index (χ0v) is 17.7. The summed E-state index contributed by atoms with van der Waals surface area (Å²) in [6, 6.07) is 9.35. The molecule has 1 aromatic carbocycles. The van der Waals surface area contributed by atoms with Crippen molar-refractivity contribution < 1.29 is 19.4 Å². The van der Waals surface area contributed by atoms with Crippen LogP contribution >= 0.6 is 0 Å². The Morgan fingerprint density at radius 2 is 2.03 bits per heavy atom. The Bertz CT molecular complexity index is 960. The molecule has 3 N–H and O–H groups in total. The summed E-state index contributed by atoms with van der Waals surface area (Å²) in [6.45, 7) is 1.61. The second-order valence-corrected chi connectivity index (χ2v) is 8.23. The quantitative estimate of drug-likeness (QED) is 0.535. The van der Waals surface area contributed by atoms with E-state index in [9.17, 15) is 14.7 Å². The third-order valence-corrected chi connectivity index (χ3v) is 5.88. The number of unbranched alkanes of at least 4 members (excludes halogenated alkanes) is 1. The van der Waals surface area contributed by atoms with E-state index in [-0.39, 0.29) is 12.3 Å². The highest BCUT2D eigenvalue weighted by Crippen LogP contribution is 2.30. The first-order chi connectivity index (χ1) is 15.1. The number of aryl methyl sites for hydroxylation is 2. The van der Waals surface area contributed by atoms with Gasteiger partial charge in [-0.25, -0.2) is 4.98 Å². The fourth-order valence-electron chi connectivity index (χ4n) is 4.19. The minimum Gasteiger partial charge on any atom is -0.493 e. The molecule has 0 fully saturated rings. The molecule has 2 aliphatic heterocycles. The van der Waals surface area contributed by atoms with E-state index >= 15 is 0 Å². The maximum atomic E-state index is 12.5. The fraction of sp³-hybridized carbons (Fsp3) is 0.458. The number of hydrogen-bond acceptors (Lipinski definition) is 5. The number of ether oxygens (including phenoxy) is 1. The van der Waals surface area contributed by atoms with Crippen molar-refractivity contribution >= 4 is 17.7 Å². The number of carbonyl (C=O) groups excluding carboxylic acids is 1. The molecule has 0 aliphatic carbocycles. The topological polar surface area (TPSA) is 101 Å². The van der Waals surface area contributed by atoms with Crippen LogP contribution in [-0.2, 0) is 28.9 Å². The number of carboxylic acid groups (broad SMARTS) is 1. The molecular formula is C24H29N3O4. The average Bonchev–Trinajstić information content (AvgIpc) is 3.24.